The van der Waals surface area contributed by atoms with Gasteiger partial charge in [-0.1, -0.05) is 327 Å². The summed E-state index contributed by atoms with van der Waals surface area (Å²) in [6, 6.07) is 118. The van der Waals surface area contributed by atoms with E-state index in [9.17, 15) is 0 Å². The number of oxazole rings is 2. The highest BCUT2D eigenvalue weighted by molar-refractivity contribution is 7.11. The van der Waals surface area contributed by atoms with E-state index in [1.54, 1.807) is 0 Å². The molecule has 0 N–H and O–H groups in total. The highest BCUT2D eigenvalue weighted by atomic mass is 28.3. The lowest BCUT2D eigenvalue weighted by Crippen LogP contribution is -2.64. The molecule has 0 unspecified atom stereocenters. The first-order valence-corrected chi connectivity index (χ1v) is 45.5. The quantitative estimate of drug-likeness (QED) is 0.0635. The second-order valence-corrected chi connectivity index (χ2v) is 40.7. The maximum Gasteiger partial charge on any atom is 0.226 e. The molecule has 17 rings (SSSR count). The van der Waals surface area contributed by atoms with E-state index in [2.05, 4.69) is 387 Å². The van der Waals surface area contributed by atoms with Gasteiger partial charge in [-0.05, 0) is 272 Å². The lowest BCUT2D eigenvalue weighted by molar-refractivity contribution is 0.587. The molecule has 2 aromatic heterocycles. The Hall–Kier alpha value is -12.8. The van der Waals surface area contributed by atoms with Crippen LogP contribution in [0.4, 0.5) is 0 Å². The normalized spacial score (nSPS) is 11.7. The van der Waals surface area contributed by atoms with Crippen LogP contribution in [0.2, 0.25) is 13.1 Å². The van der Waals surface area contributed by atoms with Crippen LogP contribution in [0.15, 0.2) is 337 Å². The topological polar surface area (TPSA) is 52.1 Å². The van der Waals surface area contributed by atoms with Crippen molar-refractivity contribution in [1.82, 2.24) is 9.97 Å². The van der Waals surface area contributed by atoms with E-state index >= 15 is 0 Å². The van der Waals surface area contributed by atoms with Crippen molar-refractivity contribution in [3.05, 3.63) is 395 Å². The average Bonchev–Trinajstić information content (AvgIpc) is 0.925. The first kappa shape index (κ1) is 75.8. The summed E-state index contributed by atoms with van der Waals surface area (Å²) in [6.07, 6.45) is 3.68. The Kier molecular flexibility index (Phi) is 20.4. The second-order valence-electron chi connectivity index (χ2n) is 32.7. The molecule has 0 aliphatic heterocycles. The van der Waals surface area contributed by atoms with Gasteiger partial charge in [-0.25, -0.2) is 9.97 Å². The SMILES string of the molecule is Cc1ccc(-c2cc(C)c(-c3ccc([Si](C)(c4ccc(-c5cnc(-c6ccc(-c7ncc(-c8ccc([Si](C)(c9ccc(-c%10cc(C)c(-c%11ccc(C)cc%11)cc%10C)cc9)c9ccc(-c%10cc(C)c(-c%11ccc(C)cc%11)cc%10C)cc9)cc8)o7)cc6)o5)cc4)c4ccc(-c5cc(C)c(-c6ccc(C)cc6)cc5C)cc4)cc3)cc2C)cc1. The van der Waals surface area contributed by atoms with E-state index in [-0.39, 0.29) is 0 Å². The molecule has 116 heavy (non-hydrogen) atoms. The van der Waals surface area contributed by atoms with Crippen LogP contribution in [0.3, 0.4) is 0 Å². The maximum absolute atomic E-state index is 6.63. The van der Waals surface area contributed by atoms with Gasteiger partial charge in [0.1, 0.15) is 16.1 Å². The number of rotatable bonds is 18. The minimum Gasteiger partial charge on any atom is -0.436 e. The molecular formula is C110H96N2O2Si2. The summed E-state index contributed by atoms with van der Waals surface area (Å²) in [5.41, 5.74) is 38.8. The third-order valence-electron chi connectivity index (χ3n) is 24.7. The number of aryl methyl sites for hydroxylation is 12. The summed E-state index contributed by atoms with van der Waals surface area (Å²) in [4.78, 5) is 9.70. The van der Waals surface area contributed by atoms with E-state index in [0.717, 1.165) is 22.3 Å². The molecule has 0 aliphatic rings. The molecule has 2 heterocycles. The van der Waals surface area contributed by atoms with E-state index < -0.39 is 16.1 Å². The van der Waals surface area contributed by atoms with Crippen molar-refractivity contribution in [2.24, 2.45) is 0 Å². The predicted octanol–water partition coefficient (Wildman–Crippen LogP) is 25.6. The van der Waals surface area contributed by atoms with Gasteiger partial charge in [-0.15, -0.1) is 0 Å². The van der Waals surface area contributed by atoms with E-state index in [1.165, 1.54) is 187 Å². The van der Waals surface area contributed by atoms with Crippen LogP contribution >= 0.6 is 0 Å². The van der Waals surface area contributed by atoms with Gasteiger partial charge in [0.2, 0.25) is 11.8 Å². The molecule has 0 fully saturated rings. The van der Waals surface area contributed by atoms with E-state index in [0.29, 0.717) is 23.3 Å². The first-order chi connectivity index (χ1) is 56.1. The zero-order chi connectivity index (χ0) is 80.3. The largest absolute Gasteiger partial charge is 0.436 e. The molecule has 17 aromatic rings. The fraction of sp³-hybridized carbons (Fsp3) is 0.127. The number of hydrogen-bond acceptors (Lipinski definition) is 4. The van der Waals surface area contributed by atoms with Crippen LogP contribution in [-0.4, -0.2) is 26.1 Å². The highest BCUT2D eigenvalue weighted by Crippen LogP contribution is 2.39. The van der Waals surface area contributed by atoms with Gasteiger partial charge in [0.25, 0.3) is 0 Å². The Morgan fingerprint density at radius 3 is 0.500 bits per heavy atom. The highest BCUT2D eigenvalue weighted by Gasteiger charge is 2.37. The third kappa shape index (κ3) is 14.7. The summed E-state index contributed by atoms with van der Waals surface area (Å²) in [5, 5.41) is 7.95. The minimum absolute atomic E-state index is 0.541. The first-order valence-electron chi connectivity index (χ1n) is 40.5. The molecule has 6 heteroatoms. The summed E-state index contributed by atoms with van der Waals surface area (Å²) < 4.78 is 13.3. The van der Waals surface area contributed by atoms with E-state index in [4.69, 9.17) is 18.8 Å². The van der Waals surface area contributed by atoms with Crippen molar-refractivity contribution in [2.75, 3.05) is 0 Å². The van der Waals surface area contributed by atoms with Crippen molar-refractivity contribution in [1.29, 1.82) is 0 Å². The Morgan fingerprint density at radius 2 is 0.328 bits per heavy atom. The Morgan fingerprint density at radius 1 is 0.181 bits per heavy atom. The van der Waals surface area contributed by atoms with Crippen molar-refractivity contribution >= 4 is 47.3 Å². The number of aromatic nitrogens is 2. The van der Waals surface area contributed by atoms with Crippen LogP contribution in [0.5, 0.6) is 0 Å². The standard InChI is InChI=1S/C110H96N2O2Si2/c1-69-15-23-81(24-16-69)99-59-77(9)103(63-73(99)5)85-35-47-93(48-36-85)115(13,94-49-37-86(38-50-94)104-64-74(6)100(60-78(104)10)82-25-17-70(2)18-26-82)97-55-43-89(44-56-97)107-67-111-109(113-107)91-31-33-92(34-32-91)110-112-68-108(114-110)90-45-57-98(58-46-90)116(14,95-51-39-87(40-52-95)105-65-75(7)101(61-79(105)11)83-27-19-71(3)20-28-83)96-53-41-88(42-54-96)106-66-76(8)102(62-80(106)12)84-29-21-72(4)22-30-84/h15-68H,1-14H3. The molecule has 15 aromatic carbocycles. The fourth-order valence-electron chi connectivity index (χ4n) is 17.4. The third-order valence-corrected chi connectivity index (χ3v) is 33.6. The molecule has 0 radical (unpaired) electrons. The van der Waals surface area contributed by atoms with Crippen LogP contribution in [0.25, 0.3) is 135 Å². The fourth-order valence-corrected chi connectivity index (χ4v) is 24.4. The molecular weight excluding hydrogens is 1440 g/mol. The smallest absolute Gasteiger partial charge is 0.226 e. The Balaban J connectivity index is 0.627. The zero-order valence-electron chi connectivity index (χ0n) is 68.9. The monoisotopic (exact) mass is 1530 g/mol. The molecule has 0 spiro atoms. The van der Waals surface area contributed by atoms with Crippen molar-refractivity contribution in [3.8, 4) is 135 Å². The van der Waals surface area contributed by atoms with Gasteiger partial charge in [0, 0.05) is 22.3 Å². The van der Waals surface area contributed by atoms with Gasteiger partial charge in [0.15, 0.2) is 11.5 Å². The lowest BCUT2D eigenvalue weighted by atomic mass is 9.92. The summed E-state index contributed by atoms with van der Waals surface area (Å²) in [5.74, 6) is 2.49. The van der Waals surface area contributed by atoms with Crippen LogP contribution in [0, 0.1) is 83.1 Å². The van der Waals surface area contributed by atoms with Gasteiger partial charge >= 0.3 is 0 Å². The average molecular weight is 1530 g/mol. The maximum atomic E-state index is 6.63. The van der Waals surface area contributed by atoms with Gasteiger partial charge in [-0.2, -0.15) is 0 Å². The second kappa shape index (κ2) is 31.2. The van der Waals surface area contributed by atoms with Crippen molar-refractivity contribution < 1.29 is 8.83 Å². The van der Waals surface area contributed by atoms with Gasteiger partial charge in [0.05, 0.1) is 12.4 Å². The van der Waals surface area contributed by atoms with Gasteiger partial charge < -0.3 is 8.83 Å². The summed E-state index contributed by atoms with van der Waals surface area (Å²) in [7, 11) is -5.29. The van der Waals surface area contributed by atoms with Gasteiger partial charge in [-0.3, -0.25) is 0 Å². The molecule has 0 amide bonds. The van der Waals surface area contributed by atoms with Crippen molar-refractivity contribution in [3.63, 3.8) is 0 Å². The predicted molar refractivity (Wildman–Crippen MR) is 495 cm³/mol. The number of nitrogens with zero attached hydrogens (tertiary/aromatic N) is 2. The van der Waals surface area contributed by atoms with E-state index in [1.807, 2.05) is 36.7 Å². The Bertz CT molecular complexity index is 5800. The Labute approximate surface area is 686 Å². The van der Waals surface area contributed by atoms with Crippen LogP contribution in [0.1, 0.15) is 66.8 Å². The molecule has 566 valence electrons. The lowest BCUT2D eigenvalue weighted by Gasteiger charge is -2.30. The molecule has 0 saturated heterocycles. The molecule has 0 saturated carbocycles. The molecule has 0 atom stereocenters. The zero-order valence-corrected chi connectivity index (χ0v) is 70.9. The molecule has 0 aliphatic carbocycles. The number of benzene rings is 15. The van der Waals surface area contributed by atoms with Crippen LogP contribution < -0.4 is 31.1 Å². The summed E-state index contributed by atoms with van der Waals surface area (Å²) >= 11 is 0. The molecule has 4 nitrogen and oxygen atoms in total. The van der Waals surface area contributed by atoms with Crippen molar-refractivity contribution in [2.45, 2.75) is 96.2 Å². The molecule has 0 bridgehead atoms. The van der Waals surface area contributed by atoms with Crippen LogP contribution in [-0.2, 0) is 0 Å². The number of hydrogen-bond donors (Lipinski definition) is 0. The minimum atomic E-state index is -2.65. The summed E-state index contributed by atoms with van der Waals surface area (Å²) in [6.45, 7) is 31.5.